The van der Waals surface area contributed by atoms with Gasteiger partial charge in [-0.3, -0.25) is 0 Å². The SMILES string of the molecule is COC(=O)c1cccc(-c2c3nc(cc4ccc([nH]4)c(-c4cccc(C(=O)OC)c4)c4nc(cc5ccc2[nH]5)C=C4)C=C3)c1. The van der Waals surface area contributed by atoms with E-state index in [4.69, 9.17) is 19.4 Å². The Labute approximate surface area is 252 Å². The number of fused-ring (bicyclic) bond motifs is 8. The number of hydrogen-bond acceptors (Lipinski definition) is 6. The van der Waals surface area contributed by atoms with Gasteiger partial charge in [0, 0.05) is 33.2 Å². The molecular weight excluding hydrogens is 552 g/mol. The number of carbonyl (C=O) groups is 2. The van der Waals surface area contributed by atoms with Gasteiger partial charge in [0.1, 0.15) is 0 Å². The quantitative estimate of drug-likeness (QED) is 0.209. The highest BCUT2D eigenvalue weighted by Gasteiger charge is 2.16. The van der Waals surface area contributed by atoms with Crippen molar-refractivity contribution in [3.8, 4) is 22.3 Å². The second-order valence-corrected chi connectivity index (χ2v) is 10.3. The van der Waals surface area contributed by atoms with Gasteiger partial charge in [-0.25, -0.2) is 19.6 Å². The summed E-state index contributed by atoms with van der Waals surface area (Å²) in [6.45, 7) is 0. The largest absolute Gasteiger partial charge is 0.465 e. The van der Waals surface area contributed by atoms with Crippen molar-refractivity contribution in [1.82, 2.24) is 19.9 Å². The maximum Gasteiger partial charge on any atom is 0.337 e. The lowest BCUT2D eigenvalue weighted by molar-refractivity contribution is 0.0592. The number of carbonyl (C=O) groups excluding carboxylic acids is 2. The molecule has 0 unspecified atom stereocenters. The number of aromatic amines is 2. The Morgan fingerprint density at radius 1 is 0.568 bits per heavy atom. The number of rotatable bonds is 4. The first kappa shape index (κ1) is 26.9. The lowest BCUT2D eigenvalue weighted by atomic mass is 10.0. The van der Waals surface area contributed by atoms with Crippen LogP contribution in [-0.4, -0.2) is 46.1 Å². The molecule has 8 heteroatoms. The third-order valence-electron chi connectivity index (χ3n) is 7.54. The van der Waals surface area contributed by atoms with Gasteiger partial charge < -0.3 is 19.4 Å². The summed E-state index contributed by atoms with van der Waals surface area (Å²) in [6, 6.07) is 26.6. The average Bonchev–Trinajstić information content (AvgIpc) is 3.87. The van der Waals surface area contributed by atoms with Crippen molar-refractivity contribution in [1.29, 1.82) is 0 Å². The third kappa shape index (κ3) is 4.98. The fraction of sp³-hybridized carbons (Fsp3) is 0.0556. The maximum absolute atomic E-state index is 12.3. The van der Waals surface area contributed by atoms with Crippen LogP contribution in [0.1, 0.15) is 43.5 Å². The number of esters is 2. The summed E-state index contributed by atoms with van der Waals surface area (Å²) in [5.41, 5.74) is 10.7. The molecule has 5 heterocycles. The van der Waals surface area contributed by atoms with Crippen molar-refractivity contribution in [2.45, 2.75) is 0 Å². The zero-order valence-corrected chi connectivity index (χ0v) is 23.9. The van der Waals surface area contributed by atoms with Crippen molar-refractivity contribution in [3.63, 3.8) is 0 Å². The number of H-pyrrole nitrogens is 2. The van der Waals surface area contributed by atoms with Gasteiger partial charge >= 0.3 is 11.9 Å². The van der Waals surface area contributed by atoms with E-state index in [1.54, 1.807) is 12.1 Å². The molecule has 0 amide bonds. The Balaban J connectivity index is 1.51. The zero-order valence-electron chi connectivity index (χ0n) is 23.9. The molecule has 2 aliphatic rings. The molecule has 7 rings (SSSR count). The summed E-state index contributed by atoms with van der Waals surface area (Å²) in [4.78, 5) is 41.6. The van der Waals surface area contributed by atoms with Gasteiger partial charge in [-0.2, -0.15) is 0 Å². The molecule has 0 saturated heterocycles. The van der Waals surface area contributed by atoms with Crippen LogP contribution in [-0.2, 0) is 9.47 Å². The van der Waals surface area contributed by atoms with Crippen molar-refractivity contribution >= 4 is 58.3 Å². The van der Waals surface area contributed by atoms with Gasteiger partial charge in [0.05, 0.1) is 48.1 Å². The van der Waals surface area contributed by atoms with Crippen LogP contribution >= 0.6 is 0 Å². The summed E-state index contributed by atoms with van der Waals surface area (Å²) >= 11 is 0. The van der Waals surface area contributed by atoms with Gasteiger partial charge in [-0.1, -0.05) is 24.3 Å². The minimum absolute atomic E-state index is 0.403. The Hall–Kier alpha value is -6.02. The van der Waals surface area contributed by atoms with E-state index in [1.807, 2.05) is 97.1 Å². The van der Waals surface area contributed by atoms with E-state index in [9.17, 15) is 9.59 Å². The maximum atomic E-state index is 12.3. The molecule has 2 N–H and O–H groups in total. The molecule has 0 radical (unpaired) electrons. The van der Waals surface area contributed by atoms with Crippen LogP contribution in [0.2, 0.25) is 0 Å². The first-order valence-corrected chi connectivity index (χ1v) is 14.0. The van der Waals surface area contributed by atoms with Crippen LogP contribution in [0.4, 0.5) is 0 Å². The molecule has 214 valence electrons. The highest BCUT2D eigenvalue weighted by Crippen LogP contribution is 2.33. The van der Waals surface area contributed by atoms with Crippen LogP contribution in [0.25, 0.3) is 68.6 Å². The standard InChI is InChI=1S/C36H26N4O4/c1-43-35(41)23-7-3-5-21(17-23)33-29-13-9-25(37-29)19-27-11-15-31(39-27)34(22-6-4-8-24(18-22)36(42)44-2)32-16-12-28(40-32)20-26-10-14-30(33)38-26/h3-20,37,40H,1-2H3. The predicted molar refractivity (Wildman–Crippen MR) is 172 cm³/mol. The van der Waals surface area contributed by atoms with E-state index in [-0.39, 0.29) is 0 Å². The summed E-state index contributed by atoms with van der Waals surface area (Å²) < 4.78 is 9.93. The molecule has 44 heavy (non-hydrogen) atoms. The molecule has 2 aliphatic heterocycles. The van der Waals surface area contributed by atoms with Gasteiger partial charge in [0.2, 0.25) is 0 Å². The normalized spacial score (nSPS) is 11.9. The molecule has 0 aliphatic carbocycles. The molecule has 8 bridgehead atoms. The second-order valence-electron chi connectivity index (χ2n) is 10.3. The lowest BCUT2D eigenvalue weighted by Gasteiger charge is -2.06. The third-order valence-corrected chi connectivity index (χ3v) is 7.54. The molecule has 0 saturated carbocycles. The number of ether oxygens (including phenoxy) is 2. The van der Waals surface area contributed by atoms with E-state index in [0.717, 1.165) is 67.1 Å². The average molecular weight is 579 g/mol. The van der Waals surface area contributed by atoms with Crippen molar-refractivity contribution in [3.05, 3.63) is 119 Å². The molecule has 0 fully saturated rings. The van der Waals surface area contributed by atoms with Crippen LogP contribution in [0, 0.1) is 0 Å². The first-order chi connectivity index (χ1) is 21.5. The highest BCUT2D eigenvalue weighted by molar-refractivity contribution is 5.97. The summed E-state index contributed by atoms with van der Waals surface area (Å²) in [5.74, 6) is -0.807. The van der Waals surface area contributed by atoms with Gasteiger partial charge in [0.25, 0.3) is 0 Å². The van der Waals surface area contributed by atoms with E-state index in [2.05, 4.69) is 9.97 Å². The molecule has 8 nitrogen and oxygen atoms in total. The minimum atomic E-state index is -0.403. The fourth-order valence-electron chi connectivity index (χ4n) is 5.52. The van der Waals surface area contributed by atoms with Crippen LogP contribution in [0.5, 0.6) is 0 Å². The monoisotopic (exact) mass is 578 g/mol. The zero-order chi connectivity index (χ0) is 30.2. The van der Waals surface area contributed by atoms with Crippen LogP contribution < -0.4 is 0 Å². The van der Waals surface area contributed by atoms with Crippen LogP contribution in [0.15, 0.2) is 84.9 Å². The van der Waals surface area contributed by atoms with Gasteiger partial charge in [-0.05, 0) is 96.1 Å². The van der Waals surface area contributed by atoms with Crippen molar-refractivity contribution in [2.75, 3.05) is 14.2 Å². The van der Waals surface area contributed by atoms with Crippen molar-refractivity contribution < 1.29 is 19.1 Å². The number of hydrogen-bond donors (Lipinski definition) is 2. The van der Waals surface area contributed by atoms with Crippen LogP contribution in [0.3, 0.4) is 0 Å². The Morgan fingerprint density at radius 2 is 1.02 bits per heavy atom. The second kappa shape index (κ2) is 11.0. The number of methoxy groups -OCH3 is 2. The summed E-state index contributed by atoms with van der Waals surface area (Å²) in [7, 11) is 2.75. The molecule has 3 aromatic heterocycles. The number of benzene rings is 2. The smallest absolute Gasteiger partial charge is 0.337 e. The fourth-order valence-corrected chi connectivity index (χ4v) is 5.52. The molecule has 0 atom stereocenters. The molecular formula is C36H26N4O4. The Bertz CT molecular complexity index is 2050. The summed E-state index contributed by atoms with van der Waals surface area (Å²) in [5, 5.41) is 0. The Morgan fingerprint density at radius 3 is 1.45 bits per heavy atom. The van der Waals surface area contributed by atoms with Gasteiger partial charge in [0.15, 0.2) is 0 Å². The molecule has 0 spiro atoms. The topological polar surface area (TPSA) is 110 Å². The number of nitrogens with one attached hydrogen (secondary N) is 2. The minimum Gasteiger partial charge on any atom is -0.465 e. The van der Waals surface area contributed by atoms with E-state index in [1.165, 1.54) is 14.2 Å². The predicted octanol–water partition coefficient (Wildman–Crippen LogP) is 7.56. The van der Waals surface area contributed by atoms with Gasteiger partial charge in [-0.15, -0.1) is 0 Å². The van der Waals surface area contributed by atoms with E-state index >= 15 is 0 Å². The summed E-state index contributed by atoms with van der Waals surface area (Å²) in [6.07, 6.45) is 7.86. The number of aromatic nitrogens is 4. The highest BCUT2D eigenvalue weighted by atomic mass is 16.5. The number of nitrogens with zero attached hydrogens (tertiary/aromatic N) is 2. The molecule has 2 aromatic carbocycles. The Kier molecular flexibility index (Phi) is 6.71. The van der Waals surface area contributed by atoms with Crippen molar-refractivity contribution in [2.24, 2.45) is 0 Å². The first-order valence-electron chi connectivity index (χ1n) is 14.0. The van der Waals surface area contributed by atoms with E-state index < -0.39 is 11.9 Å². The lowest BCUT2D eigenvalue weighted by Crippen LogP contribution is -2.01. The van der Waals surface area contributed by atoms with E-state index in [0.29, 0.717) is 11.1 Å². The molecule has 5 aromatic rings.